The maximum atomic E-state index is 12.6. The number of fused-ring (bicyclic) bond motifs is 1. The normalized spacial score (nSPS) is 10.9. The van der Waals surface area contributed by atoms with Crippen molar-refractivity contribution in [3.05, 3.63) is 89.0 Å². The van der Waals surface area contributed by atoms with Gasteiger partial charge in [-0.15, -0.1) is 0 Å². The minimum atomic E-state index is -0.115. The molecule has 0 aliphatic carbocycles. The molecule has 0 N–H and O–H groups in total. The Bertz CT molecular complexity index is 1200. The van der Waals surface area contributed by atoms with Crippen LogP contribution in [0.4, 0.5) is 0 Å². The summed E-state index contributed by atoms with van der Waals surface area (Å²) in [5.74, 6) is 0.00189. The SMILES string of the molecule is CN(Cc1cnn(-c2ccccc2)c1)C(=O)CCn1ncc(=O)c2ccccc21. The van der Waals surface area contributed by atoms with Gasteiger partial charge in [-0.05, 0) is 24.3 Å². The second-order valence-corrected chi connectivity index (χ2v) is 6.88. The monoisotopic (exact) mass is 387 g/mol. The second kappa shape index (κ2) is 8.10. The highest BCUT2D eigenvalue weighted by molar-refractivity contribution is 5.79. The summed E-state index contributed by atoms with van der Waals surface area (Å²) in [6.07, 6.45) is 5.29. The molecule has 0 unspecified atom stereocenters. The third-order valence-corrected chi connectivity index (χ3v) is 4.80. The van der Waals surface area contributed by atoms with Crippen molar-refractivity contribution in [1.29, 1.82) is 0 Å². The summed E-state index contributed by atoms with van der Waals surface area (Å²) in [6.45, 7) is 0.886. The van der Waals surface area contributed by atoms with Gasteiger partial charge in [0.15, 0.2) is 0 Å². The van der Waals surface area contributed by atoms with Crippen LogP contribution in [-0.4, -0.2) is 37.4 Å². The Morgan fingerprint density at radius 2 is 1.76 bits per heavy atom. The average molecular weight is 387 g/mol. The maximum absolute atomic E-state index is 12.6. The largest absolute Gasteiger partial charge is 0.341 e. The number of hydrogen-bond donors (Lipinski definition) is 0. The van der Waals surface area contributed by atoms with Crippen molar-refractivity contribution in [2.24, 2.45) is 0 Å². The Morgan fingerprint density at radius 1 is 1.00 bits per heavy atom. The van der Waals surface area contributed by atoms with E-state index in [0.29, 0.717) is 24.9 Å². The van der Waals surface area contributed by atoms with E-state index in [1.165, 1.54) is 6.20 Å². The summed E-state index contributed by atoms with van der Waals surface area (Å²) < 4.78 is 3.50. The first-order valence-corrected chi connectivity index (χ1v) is 9.39. The summed E-state index contributed by atoms with van der Waals surface area (Å²) >= 11 is 0. The Labute approximate surface area is 167 Å². The molecule has 0 radical (unpaired) electrons. The summed E-state index contributed by atoms with van der Waals surface area (Å²) in [5.41, 5.74) is 2.55. The Hall–Kier alpha value is -3.74. The number of carbonyl (C=O) groups is 1. The van der Waals surface area contributed by atoms with Crippen molar-refractivity contribution in [3.8, 4) is 5.69 Å². The number of carbonyl (C=O) groups excluding carboxylic acids is 1. The van der Waals surface area contributed by atoms with Gasteiger partial charge in [0.2, 0.25) is 11.3 Å². The molecule has 0 saturated carbocycles. The summed E-state index contributed by atoms with van der Waals surface area (Å²) in [6, 6.07) is 17.1. The number of benzene rings is 2. The first-order valence-electron chi connectivity index (χ1n) is 9.39. The predicted octanol–water partition coefficient (Wildman–Crippen LogP) is 2.63. The van der Waals surface area contributed by atoms with Crippen LogP contribution in [0, 0.1) is 0 Å². The van der Waals surface area contributed by atoms with E-state index in [4.69, 9.17) is 0 Å². The minimum absolute atomic E-state index is 0.00189. The zero-order valence-corrected chi connectivity index (χ0v) is 16.1. The molecule has 0 atom stereocenters. The molecule has 4 aromatic rings. The number of aryl methyl sites for hydroxylation is 1. The van der Waals surface area contributed by atoms with Gasteiger partial charge in [0.05, 0.1) is 30.1 Å². The van der Waals surface area contributed by atoms with Crippen molar-refractivity contribution in [2.45, 2.75) is 19.5 Å². The lowest BCUT2D eigenvalue weighted by Gasteiger charge is -2.17. The molecule has 0 saturated heterocycles. The Morgan fingerprint density at radius 3 is 2.59 bits per heavy atom. The standard InChI is InChI=1S/C22H21N5O2/c1-25(15-17-13-23-27(16-17)18-7-3-2-4-8-18)22(29)11-12-26-20-10-6-5-9-19(20)21(28)14-24-26/h2-10,13-14,16H,11-12,15H2,1H3. The van der Waals surface area contributed by atoms with Crippen LogP contribution in [0.2, 0.25) is 0 Å². The Balaban J connectivity index is 1.40. The molecule has 7 heteroatoms. The molecule has 2 aromatic heterocycles. The predicted molar refractivity (Wildman–Crippen MR) is 111 cm³/mol. The number of amides is 1. The smallest absolute Gasteiger partial charge is 0.224 e. The molecule has 0 spiro atoms. The van der Waals surface area contributed by atoms with E-state index in [1.54, 1.807) is 33.6 Å². The van der Waals surface area contributed by atoms with E-state index in [2.05, 4.69) is 10.2 Å². The highest BCUT2D eigenvalue weighted by atomic mass is 16.2. The average Bonchev–Trinajstić information content (AvgIpc) is 3.22. The third-order valence-electron chi connectivity index (χ3n) is 4.80. The van der Waals surface area contributed by atoms with E-state index in [-0.39, 0.29) is 11.3 Å². The fourth-order valence-electron chi connectivity index (χ4n) is 3.26. The van der Waals surface area contributed by atoms with Gasteiger partial charge in [0, 0.05) is 37.2 Å². The van der Waals surface area contributed by atoms with E-state index >= 15 is 0 Å². The minimum Gasteiger partial charge on any atom is -0.341 e. The summed E-state index contributed by atoms with van der Waals surface area (Å²) in [5, 5.41) is 9.16. The lowest BCUT2D eigenvalue weighted by molar-refractivity contribution is -0.130. The second-order valence-electron chi connectivity index (χ2n) is 6.88. The molecule has 146 valence electrons. The number of para-hydroxylation sites is 2. The number of aromatic nitrogens is 4. The van der Waals surface area contributed by atoms with Gasteiger partial charge >= 0.3 is 0 Å². The van der Waals surface area contributed by atoms with E-state index in [0.717, 1.165) is 16.8 Å². The quantitative estimate of drug-likeness (QED) is 0.510. The van der Waals surface area contributed by atoms with Crippen LogP contribution in [0.15, 0.2) is 78.0 Å². The highest BCUT2D eigenvalue weighted by Gasteiger charge is 2.12. The maximum Gasteiger partial charge on any atom is 0.224 e. The highest BCUT2D eigenvalue weighted by Crippen LogP contribution is 2.11. The summed E-state index contributed by atoms with van der Waals surface area (Å²) in [7, 11) is 1.78. The van der Waals surface area contributed by atoms with Crippen molar-refractivity contribution in [1.82, 2.24) is 24.5 Å². The van der Waals surface area contributed by atoms with E-state index in [1.807, 2.05) is 54.7 Å². The number of rotatable bonds is 6. The lowest BCUT2D eigenvalue weighted by Crippen LogP contribution is -2.27. The van der Waals surface area contributed by atoms with Crippen LogP contribution in [0.3, 0.4) is 0 Å². The molecule has 0 bridgehead atoms. The van der Waals surface area contributed by atoms with E-state index in [9.17, 15) is 9.59 Å². The molecule has 0 aliphatic rings. The first-order chi connectivity index (χ1) is 14.1. The van der Waals surface area contributed by atoms with Gasteiger partial charge in [-0.1, -0.05) is 30.3 Å². The topological polar surface area (TPSA) is 73.0 Å². The lowest BCUT2D eigenvalue weighted by atomic mass is 10.2. The van der Waals surface area contributed by atoms with Gasteiger partial charge in [-0.25, -0.2) is 4.68 Å². The number of nitrogens with zero attached hydrogens (tertiary/aromatic N) is 5. The van der Waals surface area contributed by atoms with Gasteiger partial charge in [0.1, 0.15) is 0 Å². The molecule has 1 amide bonds. The molecular weight excluding hydrogens is 366 g/mol. The van der Waals surface area contributed by atoms with Crippen molar-refractivity contribution in [3.63, 3.8) is 0 Å². The van der Waals surface area contributed by atoms with E-state index < -0.39 is 0 Å². The summed E-state index contributed by atoms with van der Waals surface area (Å²) in [4.78, 5) is 26.2. The van der Waals surface area contributed by atoms with Gasteiger partial charge in [0.25, 0.3) is 0 Å². The fourth-order valence-corrected chi connectivity index (χ4v) is 3.26. The van der Waals surface area contributed by atoms with Crippen molar-refractivity contribution in [2.75, 3.05) is 7.05 Å². The van der Waals surface area contributed by atoms with Crippen molar-refractivity contribution >= 4 is 16.8 Å². The van der Waals surface area contributed by atoms with Crippen molar-refractivity contribution < 1.29 is 4.79 Å². The van der Waals surface area contributed by atoms with Crippen LogP contribution in [0.1, 0.15) is 12.0 Å². The van der Waals surface area contributed by atoms with Gasteiger partial charge in [-0.3, -0.25) is 14.3 Å². The molecule has 2 aromatic carbocycles. The zero-order chi connectivity index (χ0) is 20.2. The van der Waals surface area contributed by atoms with Crippen LogP contribution in [-0.2, 0) is 17.9 Å². The molecule has 0 aliphatic heterocycles. The zero-order valence-electron chi connectivity index (χ0n) is 16.1. The molecule has 4 rings (SSSR count). The van der Waals surface area contributed by atoms with Crippen LogP contribution >= 0.6 is 0 Å². The number of hydrogen-bond acceptors (Lipinski definition) is 4. The molecule has 29 heavy (non-hydrogen) atoms. The molecule has 2 heterocycles. The Kier molecular flexibility index (Phi) is 5.20. The fraction of sp³-hybridized carbons (Fsp3) is 0.182. The van der Waals surface area contributed by atoms with Crippen LogP contribution < -0.4 is 5.43 Å². The van der Waals surface area contributed by atoms with Gasteiger partial charge < -0.3 is 4.90 Å². The van der Waals surface area contributed by atoms with Gasteiger partial charge in [-0.2, -0.15) is 10.2 Å². The van der Waals surface area contributed by atoms with Crippen LogP contribution in [0.5, 0.6) is 0 Å². The molecule has 7 nitrogen and oxygen atoms in total. The molecule has 0 fully saturated rings. The van der Waals surface area contributed by atoms with Crippen LogP contribution in [0.25, 0.3) is 16.6 Å². The molecular formula is C22H21N5O2. The third kappa shape index (κ3) is 4.08. The first kappa shape index (κ1) is 18.6.